The highest BCUT2D eigenvalue weighted by Gasteiger charge is 2.32. The predicted molar refractivity (Wildman–Crippen MR) is 80.6 cm³/mol. The minimum absolute atomic E-state index is 0.187. The van der Waals surface area contributed by atoms with Gasteiger partial charge in [-0.15, -0.1) is 0 Å². The van der Waals surface area contributed by atoms with Gasteiger partial charge in [0.05, 0.1) is 19.1 Å². The maximum atomic E-state index is 11.7. The van der Waals surface area contributed by atoms with Crippen LogP contribution in [0.25, 0.3) is 0 Å². The number of methoxy groups -OCH3 is 2. The Balaban J connectivity index is 2.09. The minimum atomic E-state index is -0.709. The van der Waals surface area contributed by atoms with E-state index in [0.717, 1.165) is 37.0 Å². The summed E-state index contributed by atoms with van der Waals surface area (Å²) in [5.41, 5.74) is 1.02. The Morgan fingerprint density at radius 1 is 1.38 bits per heavy atom. The second-order valence-electron chi connectivity index (χ2n) is 5.78. The molecule has 1 N–H and O–H groups in total. The number of hydrogen-bond acceptors (Lipinski definition) is 3. The Morgan fingerprint density at radius 2 is 2.19 bits per heavy atom. The summed E-state index contributed by atoms with van der Waals surface area (Å²) in [6.07, 6.45) is 4.66. The molecule has 0 heterocycles. The van der Waals surface area contributed by atoms with Crippen LogP contribution in [0.5, 0.6) is 5.75 Å². The zero-order valence-electron chi connectivity index (χ0n) is 12.7. The van der Waals surface area contributed by atoms with Crippen molar-refractivity contribution in [2.24, 2.45) is 11.8 Å². The van der Waals surface area contributed by atoms with Crippen molar-refractivity contribution in [3.05, 3.63) is 29.8 Å². The van der Waals surface area contributed by atoms with E-state index in [1.165, 1.54) is 0 Å². The first-order chi connectivity index (χ1) is 10.1. The van der Waals surface area contributed by atoms with E-state index >= 15 is 0 Å². The number of carbonyl (C=O) groups is 1. The highest BCUT2D eigenvalue weighted by Crippen LogP contribution is 2.34. The molecular formula is C17H24O4. The predicted octanol–water partition coefficient (Wildman–Crippen LogP) is 3.14. The smallest absolute Gasteiger partial charge is 0.307 e. The molecule has 0 amide bonds. The van der Waals surface area contributed by atoms with Gasteiger partial charge >= 0.3 is 5.97 Å². The average Bonchev–Trinajstić information content (AvgIpc) is 2.52. The number of carboxylic acids is 1. The fourth-order valence-electron chi connectivity index (χ4n) is 3.27. The van der Waals surface area contributed by atoms with E-state index in [2.05, 4.69) is 0 Å². The number of benzene rings is 1. The lowest BCUT2D eigenvalue weighted by atomic mass is 9.76. The van der Waals surface area contributed by atoms with Crippen molar-refractivity contribution >= 4 is 5.97 Å². The number of carboxylic acid groups (broad SMARTS) is 1. The molecule has 2 rings (SSSR count). The summed E-state index contributed by atoms with van der Waals surface area (Å²) < 4.78 is 10.6. The van der Waals surface area contributed by atoms with Crippen LogP contribution in [0.2, 0.25) is 0 Å². The fourth-order valence-corrected chi connectivity index (χ4v) is 3.27. The Bertz CT molecular complexity index is 472. The van der Waals surface area contributed by atoms with Crippen LogP contribution in [0.15, 0.2) is 24.3 Å². The molecule has 1 aromatic rings. The molecule has 3 unspecified atom stereocenters. The number of aliphatic carboxylic acids is 1. The zero-order chi connectivity index (χ0) is 15.2. The van der Waals surface area contributed by atoms with Gasteiger partial charge in [0.2, 0.25) is 0 Å². The quantitative estimate of drug-likeness (QED) is 0.875. The lowest BCUT2D eigenvalue weighted by Gasteiger charge is -2.32. The largest absolute Gasteiger partial charge is 0.497 e. The molecule has 4 nitrogen and oxygen atoms in total. The lowest BCUT2D eigenvalue weighted by Crippen LogP contribution is -2.32. The molecule has 21 heavy (non-hydrogen) atoms. The normalized spacial score (nSPS) is 23.5. The SMILES string of the molecule is COc1cccc(CC(C(=O)O)C2CCCC(OC)C2)c1. The molecule has 1 fully saturated rings. The van der Waals surface area contributed by atoms with Crippen molar-refractivity contribution < 1.29 is 19.4 Å². The third-order valence-corrected chi connectivity index (χ3v) is 4.48. The monoisotopic (exact) mass is 292 g/mol. The third-order valence-electron chi connectivity index (χ3n) is 4.48. The highest BCUT2D eigenvalue weighted by atomic mass is 16.5. The highest BCUT2D eigenvalue weighted by molar-refractivity contribution is 5.71. The molecule has 0 spiro atoms. The van der Waals surface area contributed by atoms with Crippen LogP contribution in [0.1, 0.15) is 31.2 Å². The number of rotatable bonds is 6. The number of hydrogen-bond donors (Lipinski definition) is 1. The zero-order valence-corrected chi connectivity index (χ0v) is 12.7. The van der Waals surface area contributed by atoms with E-state index in [1.54, 1.807) is 14.2 Å². The Morgan fingerprint density at radius 3 is 2.86 bits per heavy atom. The van der Waals surface area contributed by atoms with Gasteiger partial charge in [-0.2, -0.15) is 0 Å². The summed E-state index contributed by atoms with van der Waals surface area (Å²) in [7, 11) is 3.34. The van der Waals surface area contributed by atoms with E-state index < -0.39 is 5.97 Å². The van der Waals surface area contributed by atoms with Crippen LogP contribution in [0, 0.1) is 11.8 Å². The summed E-state index contributed by atoms with van der Waals surface area (Å²) in [4.78, 5) is 11.7. The van der Waals surface area contributed by atoms with Gasteiger partial charge in [0, 0.05) is 7.11 Å². The third kappa shape index (κ3) is 4.21. The van der Waals surface area contributed by atoms with Gasteiger partial charge < -0.3 is 14.6 Å². The van der Waals surface area contributed by atoms with Crippen LogP contribution in [-0.4, -0.2) is 31.4 Å². The van der Waals surface area contributed by atoms with Gasteiger partial charge in [-0.25, -0.2) is 0 Å². The van der Waals surface area contributed by atoms with E-state index in [1.807, 2.05) is 24.3 Å². The first-order valence-corrected chi connectivity index (χ1v) is 7.52. The summed E-state index contributed by atoms with van der Waals surface area (Å²) in [5.74, 6) is -0.0999. The molecule has 0 aromatic heterocycles. The molecule has 1 aliphatic carbocycles. The lowest BCUT2D eigenvalue weighted by molar-refractivity contribution is -0.144. The minimum Gasteiger partial charge on any atom is -0.497 e. The molecule has 0 aliphatic heterocycles. The van der Waals surface area contributed by atoms with Gasteiger partial charge in [-0.05, 0) is 49.3 Å². The fraction of sp³-hybridized carbons (Fsp3) is 0.588. The van der Waals surface area contributed by atoms with E-state index in [4.69, 9.17) is 9.47 Å². The maximum Gasteiger partial charge on any atom is 0.307 e. The second kappa shape index (κ2) is 7.46. The Kier molecular flexibility index (Phi) is 5.62. The van der Waals surface area contributed by atoms with Crippen molar-refractivity contribution in [1.29, 1.82) is 0 Å². The maximum absolute atomic E-state index is 11.7. The van der Waals surface area contributed by atoms with Gasteiger partial charge in [0.1, 0.15) is 5.75 Å². The van der Waals surface area contributed by atoms with Crippen molar-refractivity contribution in [3.63, 3.8) is 0 Å². The van der Waals surface area contributed by atoms with Crippen molar-refractivity contribution in [2.45, 2.75) is 38.2 Å². The molecule has 1 saturated carbocycles. The van der Waals surface area contributed by atoms with Crippen LogP contribution in [0.4, 0.5) is 0 Å². The van der Waals surface area contributed by atoms with Crippen LogP contribution in [0.3, 0.4) is 0 Å². The Hall–Kier alpha value is -1.55. The molecule has 1 aliphatic rings. The Labute approximate surface area is 126 Å². The van der Waals surface area contributed by atoms with E-state index in [9.17, 15) is 9.90 Å². The summed E-state index contributed by atoms with van der Waals surface area (Å²) in [5, 5.41) is 9.60. The summed E-state index contributed by atoms with van der Waals surface area (Å²) in [6.45, 7) is 0. The molecule has 0 radical (unpaired) electrons. The van der Waals surface area contributed by atoms with Gasteiger partial charge in [-0.3, -0.25) is 4.79 Å². The first-order valence-electron chi connectivity index (χ1n) is 7.52. The van der Waals surface area contributed by atoms with Gasteiger partial charge in [0.25, 0.3) is 0 Å². The van der Waals surface area contributed by atoms with E-state index in [0.29, 0.717) is 6.42 Å². The molecule has 4 heteroatoms. The topological polar surface area (TPSA) is 55.8 Å². The number of ether oxygens (including phenoxy) is 2. The molecule has 0 saturated heterocycles. The summed E-state index contributed by atoms with van der Waals surface area (Å²) in [6, 6.07) is 7.68. The van der Waals surface area contributed by atoms with Crippen LogP contribution < -0.4 is 4.74 Å². The van der Waals surface area contributed by atoms with Gasteiger partial charge in [-0.1, -0.05) is 18.6 Å². The molecular weight excluding hydrogens is 268 g/mol. The van der Waals surface area contributed by atoms with Crippen molar-refractivity contribution in [3.8, 4) is 5.75 Å². The first kappa shape index (κ1) is 15.8. The molecule has 3 atom stereocenters. The van der Waals surface area contributed by atoms with Crippen molar-refractivity contribution in [1.82, 2.24) is 0 Å². The molecule has 0 bridgehead atoms. The van der Waals surface area contributed by atoms with Gasteiger partial charge in [0.15, 0.2) is 0 Å². The second-order valence-corrected chi connectivity index (χ2v) is 5.78. The standard InChI is InChI=1S/C17H24O4/c1-20-14-7-3-5-12(9-14)10-16(17(18)19)13-6-4-8-15(11-13)21-2/h3,5,7,9,13,15-16H,4,6,8,10-11H2,1-2H3,(H,18,19). The molecule has 1 aromatic carbocycles. The van der Waals surface area contributed by atoms with Crippen LogP contribution in [-0.2, 0) is 16.0 Å². The van der Waals surface area contributed by atoms with Crippen molar-refractivity contribution in [2.75, 3.05) is 14.2 Å². The summed E-state index contributed by atoms with van der Waals surface area (Å²) >= 11 is 0. The molecule has 116 valence electrons. The van der Waals surface area contributed by atoms with Crippen LogP contribution >= 0.6 is 0 Å². The van der Waals surface area contributed by atoms with E-state index in [-0.39, 0.29) is 17.9 Å². The average molecular weight is 292 g/mol.